The van der Waals surface area contributed by atoms with Crippen molar-refractivity contribution in [3.63, 3.8) is 0 Å². The largest absolute Gasteiger partial charge is 0.495 e. The summed E-state index contributed by atoms with van der Waals surface area (Å²) in [5.74, 6) is 0.706. The van der Waals surface area contributed by atoms with Crippen LogP contribution < -0.4 is 10.1 Å². The van der Waals surface area contributed by atoms with Crippen LogP contribution >= 0.6 is 11.6 Å². The molecule has 0 amide bonds. The maximum Gasteiger partial charge on any atom is 0.137 e. The number of hydrogen-bond donors (Lipinski definition) is 1. The molecular formula is C13H18ClNO2. The Bertz CT molecular complexity index is 378. The minimum Gasteiger partial charge on any atom is -0.495 e. The maximum absolute atomic E-state index is 6.14. The van der Waals surface area contributed by atoms with Crippen molar-refractivity contribution in [3.05, 3.63) is 28.8 Å². The summed E-state index contributed by atoms with van der Waals surface area (Å²) >= 11 is 6.14. The van der Waals surface area contributed by atoms with Crippen LogP contribution in [0, 0.1) is 0 Å². The predicted octanol–water partition coefficient (Wildman–Crippen LogP) is 2.79. The van der Waals surface area contributed by atoms with E-state index in [4.69, 9.17) is 21.1 Å². The Hall–Kier alpha value is -0.770. The average molecular weight is 256 g/mol. The van der Waals surface area contributed by atoms with Gasteiger partial charge < -0.3 is 14.8 Å². The second-order valence-corrected chi connectivity index (χ2v) is 4.62. The van der Waals surface area contributed by atoms with Gasteiger partial charge in [0.15, 0.2) is 0 Å². The Morgan fingerprint density at radius 1 is 1.53 bits per heavy atom. The van der Waals surface area contributed by atoms with Gasteiger partial charge >= 0.3 is 0 Å². The highest BCUT2D eigenvalue weighted by Gasteiger charge is 2.26. The van der Waals surface area contributed by atoms with Gasteiger partial charge in [0.2, 0.25) is 0 Å². The Kier molecular flexibility index (Phi) is 4.26. The van der Waals surface area contributed by atoms with Gasteiger partial charge in [-0.05, 0) is 37.6 Å². The number of halogens is 1. The number of rotatable bonds is 4. The van der Waals surface area contributed by atoms with Gasteiger partial charge in [0.25, 0.3) is 0 Å². The van der Waals surface area contributed by atoms with Crippen molar-refractivity contribution in [2.24, 2.45) is 0 Å². The van der Waals surface area contributed by atoms with Gasteiger partial charge in [-0.3, -0.25) is 0 Å². The number of ether oxygens (including phenoxy) is 2. The molecule has 1 aliphatic rings. The average Bonchev–Trinajstić information content (AvgIpc) is 2.84. The molecule has 1 heterocycles. The molecule has 4 heteroatoms. The van der Waals surface area contributed by atoms with Crippen LogP contribution in [0.4, 0.5) is 0 Å². The molecule has 2 rings (SSSR count). The maximum atomic E-state index is 6.14. The van der Waals surface area contributed by atoms with Crippen LogP contribution in [0.1, 0.15) is 24.4 Å². The zero-order chi connectivity index (χ0) is 12.3. The standard InChI is InChI=1S/C13H18ClNO2/c1-15-13(12-4-3-7-17-12)9-5-6-11(16-2)10(14)8-9/h5-6,8,12-13,15H,3-4,7H2,1-2H3. The van der Waals surface area contributed by atoms with Crippen molar-refractivity contribution in [1.82, 2.24) is 5.32 Å². The number of hydrogen-bond acceptors (Lipinski definition) is 3. The van der Waals surface area contributed by atoms with Gasteiger partial charge in [0.1, 0.15) is 5.75 Å². The quantitative estimate of drug-likeness (QED) is 0.898. The second-order valence-electron chi connectivity index (χ2n) is 4.21. The van der Waals surface area contributed by atoms with Crippen LogP contribution in [0.3, 0.4) is 0 Å². The van der Waals surface area contributed by atoms with Crippen molar-refractivity contribution in [2.45, 2.75) is 25.0 Å². The molecule has 3 nitrogen and oxygen atoms in total. The molecule has 2 atom stereocenters. The summed E-state index contributed by atoms with van der Waals surface area (Å²) in [5, 5.41) is 3.94. The smallest absolute Gasteiger partial charge is 0.137 e. The normalized spacial score (nSPS) is 21.5. The van der Waals surface area contributed by atoms with Gasteiger partial charge in [-0.25, -0.2) is 0 Å². The van der Waals surface area contributed by atoms with E-state index in [1.54, 1.807) is 7.11 Å². The molecule has 0 aromatic heterocycles. The van der Waals surface area contributed by atoms with Crippen molar-refractivity contribution in [1.29, 1.82) is 0 Å². The van der Waals surface area contributed by atoms with E-state index < -0.39 is 0 Å². The van der Waals surface area contributed by atoms with Gasteiger partial charge in [-0.1, -0.05) is 17.7 Å². The lowest BCUT2D eigenvalue weighted by Crippen LogP contribution is -2.28. The zero-order valence-electron chi connectivity index (χ0n) is 10.2. The minimum absolute atomic E-state index is 0.195. The highest BCUT2D eigenvalue weighted by Crippen LogP contribution is 2.31. The molecule has 2 unspecified atom stereocenters. The third kappa shape index (κ3) is 2.73. The number of likely N-dealkylation sites (N-methyl/N-ethyl adjacent to an activating group) is 1. The highest BCUT2D eigenvalue weighted by atomic mass is 35.5. The van der Waals surface area contributed by atoms with E-state index in [2.05, 4.69) is 5.32 Å². The van der Waals surface area contributed by atoms with Crippen molar-refractivity contribution < 1.29 is 9.47 Å². The fourth-order valence-electron chi connectivity index (χ4n) is 2.31. The highest BCUT2D eigenvalue weighted by molar-refractivity contribution is 6.32. The fourth-order valence-corrected chi connectivity index (χ4v) is 2.57. The molecule has 0 saturated carbocycles. The minimum atomic E-state index is 0.195. The summed E-state index contributed by atoms with van der Waals surface area (Å²) in [4.78, 5) is 0. The molecule has 1 saturated heterocycles. The van der Waals surface area contributed by atoms with E-state index in [0.29, 0.717) is 10.8 Å². The summed E-state index contributed by atoms with van der Waals surface area (Å²) < 4.78 is 10.9. The van der Waals surface area contributed by atoms with Crippen LogP contribution in [0.2, 0.25) is 5.02 Å². The molecule has 0 aliphatic carbocycles. The van der Waals surface area contributed by atoms with E-state index in [1.165, 1.54) is 0 Å². The molecular weight excluding hydrogens is 238 g/mol. The lowest BCUT2D eigenvalue weighted by molar-refractivity contribution is 0.0807. The molecule has 1 aromatic carbocycles. The lowest BCUT2D eigenvalue weighted by Gasteiger charge is -2.23. The lowest BCUT2D eigenvalue weighted by atomic mass is 9.99. The third-order valence-corrected chi connectivity index (χ3v) is 3.48. The number of nitrogens with one attached hydrogen (secondary N) is 1. The van der Waals surface area contributed by atoms with E-state index in [0.717, 1.165) is 25.0 Å². The van der Waals surface area contributed by atoms with Crippen molar-refractivity contribution >= 4 is 11.6 Å². The van der Waals surface area contributed by atoms with E-state index in [-0.39, 0.29) is 12.1 Å². The van der Waals surface area contributed by atoms with Crippen LogP contribution in [0.5, 0.6) is 5.75 Å². The van der Waals surface area contributed by atoms with Crippen LogP contribution in [-0.4, -0.2) is 26.9 Å². The van der Waals surface area contributed by atoms with E-state index in [9.17, 15) is 0 Å². The summed E-state index contributed by atoms with van der Waals surface area (Å²) in [7, 11) is 3.57. The van der Waals surface area contributed by atoms with E-state index in [1.807, 2.05) is 25.2 Å². The second kappa shape index (κ2) is 5.71. The van der Waals surface area contributed by atoms with Gasteiger partial charge in [-0.15, -0.1) is 0 Å². The number of methoxy groups -OCH3 is 1. The Morgan fingerprint density at radius 3 is 2.88 bits per heavy atom. The first kappa shape index (κ1) is 12.7. The molecule has 0 spiro atoms. The SMILES string of the molecule is CNC(c1ccc(OC)c(Cl)c1)C1CCCO1. The first-order valence-electron chi connectivity index (χ1n) is 5.88. The molecule has 0 bridgehead atoms. The molecule has 1 aliphatic heterocycles. The van der Waals surface area contributed by atoms with Crippen LogP contribution in [-0.2, 0) is 4.74 Å². The topological polar surface area (TPSA) is 30.5 Å². The Balaban J connectivity index is 2.21. The molecule has 0 radical (unpaired) electrons. The molecule has 94 valence electrons. The van der Waals surface area contributed by atoms with Gasteiger partial charge in [0.05, 0.1) is 24.3 Å². The summed E-state index contributed by atoms with van der Waals surface area (Å²) in [6.45, 7) is 0.854. The molecule has 17 heavy (non-hydrogen) atoms. The molecule has 1 N–H and O–H groups in total. The van der Waals surface area contributed by atoms with Crippen LogP contribution in [0.15, 0.2) is 18.2 Å². The van der Waals surface area contributed by atoms with Crippen LogP contribution in [0.25, 0.3) is 0 Å². The molecule has 1 aromatic rings. The van der Waals surface area contributed by atoms with Crippen molar-refractivity contribution in [2.75, 3.05) is 20.8 Å². The van der Waals surface area contributed by atoms with Gasteiger partial charge in [0, 0.05) is 6.61 Å². The first-order chi connectivity index (χ1) is 8.26. The summed E-state index contributed by atoms with van der Waals surface area (Å²) in [5.41, 5.74) is 1.14. The summed E-state index contributed by atoms with van der Waals surface area (Å²) in [6, 6.07) is 6.08. The van der Waals surface area contributed by atoms with E-state index >= 15 is 0 Å². The summed E-state index contributed by atoms with van der Waals surface area (Å²) in [6.07, 6.45) is 2.46. The van der Waals surface area contributed by atoms with Gasteiger partial charge in [-0.2, -0.15) is 0 Å². The predicted molar refractivity (Wildman–Crippen MR) is 68.8 cm³/mol. The Labute approximate surface area is 107 Å². The monoisotopic (exact) mass is 255 g/mol. The third-order valence-electron chi connectivity index (χ3n) is 3.18. The van der Waals surface area contributed by atoms with Crippen molar-refractivity contribution in [3.8, 4) is 5.75 Å². The molecule has 1 fully saturated rings. The first-order valence-corrected chi connectivity index (χ1v) is 6.26. The Morgan fingerprint density at radius 2 is 2.35 bits per heavy atom. The fraction of sp³-hybridized carbons (Fsp3) is 0.538. The number of benzene rings is 1. The zero-order valence-corrected chi connectivity index (χ0v) is 11.0.